The molecule has 26 heavy (non-hydrogen) atoms. The van der Waals surface area contributed by atoms with Crippen LogP contribution in [-0.2, 0) is 6.42 Å². The van der Waals surface area contributed by atoms with E-state index >= 15 is 0 Å². The Bertz CT molecular complexity index is 426. The molecule has 0 aliphatic rings. The molecule has 0 atom stereocenters. The minimum Gasteiger partial charge on any atom is -0.545 e. The summed E-state index contributed by atoms with van der Waals surface area (Å²) < 4.78 is 0. The van der Waals surface area contributed by atoms with Gasteiger partial charge in [0.2, 0.25) is 0 Å². The molecular weight excluding hydrogens is 322 g/mol. The van der Waals surface area contributed by atoms with Gasteiger partial charge in [-0.15, -0.1) is 0 Å². The standard InChI is InChI=1S/C19H30O2.C4H11N/c1-2-3-4-5-6-7-8-9-10-11-12-17-13-15-18(16-14-17)19(20)21;1-3-5-4-2/h13-16H,2-12H2,1H3,(H,20,21);5H,3-4H2,1-2H3. The van der Waals surface area contributed by atoms with Gasteiger partial charge in [-0.25, -0.2) is 0 Å². The minimum absolute atomic E-state index is 0.266. The van der Waals surface area contributed by atoms with Crippen LogP contribution in [0, 0.1) is 0 Å². The summed E-state index contributed by atoms with van der Waals surface area (Å²) in [5.74, 6) is -1.10. The monoisotopic (exact) mass is 363 g/mol. The molecule has 0 saturated heterocycles. The number of carboxylic acids is 1. The number of benzene rings is 1. The van der Waals surface area contributed by atoms with Gasteiger partial charge in [-0.3, -0.25) is 0 Å². The fourth-order valence-corrected chi connectivity index (χ4v) is 2.91. The van der Waals surface area contributed by atoms with Crippen LogP contribution in [0.2, 0.25) is 0 Å². The zero-order chi connectivity index (χ0) is 19.5. The quantitative estimate of drug-likeness (QED) is 0.506. The lowest BCUT2D eigenvalue weighted by atomic mass is 10.0. The van der Waals surface area contributed by atoms with Gasteiger partial charge in [0.25, 0.3) is 0 Å². The molecule has 1 aromatic rings. The zero-order valence-electron chi connectivity index (χ0n) is 17.4. The van der Waals surface area contributed by atoms with Gasteiger partial charge in [0.05, 0.1) is 19.1 Å². The van der Waals surface area contributed by atoms with Gasteiger partial charge in [0.1, 0.15) is 0 Å². The number of carboxylic acid groups (broad SMARTS) is 1. The molecule has 0 spiro atoms. The number of carbonyl (C=O) groups is 1. The number of hydrogen-bond acceptors (Lipinski definition) is 2. The zero-order valence-corrected chi connectivity index (χ0v) is 17.4. The first-order chi connectivity index (χ1) is 12.7. The van der Waals surface area contributed by atoms with Crippen molar-refractivity contribution < 1.29 is 15.2 Å². The summed E-state index contributed by atoms with van der Waals surface area (Å²) in [5.41, 5.74) is 1.49. The highest BCUT2D eigenvalue weighted by Crippen LogP contribution is 2.13. The van der Waals surface area contributed by atoms with E-state index in [2.05, 4.69) is 26.1 Å². The molecule has 0 fully saturated rings. The first kappa shape index (κ1) is 24.7. The maximum atomic E-state index is 10.6. The number of quaternary nitrogens is 1. The molecule has 0 bridgehead atoms. The number of aryl methyl sites for hydroxylation is 1. The lowest BCUT2D eigenvalue weighted by molar-refractivity contribution is -0.648. The largest absolute Gasteiger partial charge is 0.545 e. The molecule has 0 unspecified atom stereocenters. The summed E-state index contributed by atoms with van der Waals surface area (Å²) in [6.07, 6.45) is 14.5. The fraction of sp³-hybridized carbons (Fsp3) is 0.696. The lowest BCUT2D eigenvalue weighted by Gasteiger charge is -2.05. The molecule has 2 N–H and O–H groups in total. The Morgan fingerprint density at radius 2 is 1.23 bits per heavy atom. The SMILES string of the molecule is CCCCCCCCCCCCc1ccc(C(=O)[O-])cc1.CC[NH2+]CC. The number of hydrogen-bond donors (Lipinski definition) is 1. The van der Waals surface area contributed by atoms with Crippen molar-refractivity contribution in [3.8, 4) is 0 Å². The molecule has 0 aromatic heterocycles. The van der Waals surface area contributed by atoms with E-state index in [9.17, 15) is 9.90 Å². The van der Waals surface area contributed by atoms with Crippen molar-refractivity contribution in [2.24, 2.45) is 0 Å². The summed E-state index contributed by atoms with van der Waals surface area (Å²) in [5, 5.41) is 12.9. The molecule has 0 heterocycles. The van der Waals surface area contributed by atoms with Crippen molar-refractivity contribution in [3.63, 3.8) is 0 Å². The third-order valence-electron chi connectivity index (χ3n) is 4.59. The summed E-state index contributed by atoms with van der Waals surface area (Å²) in [6.45, 7) is 9.01. The Morgan fingerprint density at radius 3 is 1.62 bits per heavy atom. The second-order valence-corrected chi connectivity index (χ2v) is 7.02. The summed E-state index contributed by atoms with van der Waals surface area (Å²) >= 11 is 0. The smallest absolute Gasteiger partial charge is 0.0726 e. The van der Waals surface area contributed by atoms with Gasteiger partial charge in [-0.2, -0.15) is 0 Å². The Hall–Kier alpha value is -1.35. The van der Waals surface area contributed by atoms with Crippen molar-refractivity contribution in [1.29, 1.82) is 0 Å². The van der Waals surface area contributed by atoms with Gasteiger partial charge < -0.3 is 15.2 Å². The first-order valence-corrected chi connectivity index (χ1v) is 10.8. The van der Waals surface area contributed by atoms with Crippen molar-refractivity contribution >= 4 is 5.97 Å². The molecule has 150 valence electrons. The van der Waals surface area contributed by atoms with E-state index < -0.39 is 5.97 Å². The highest BCUT2D eigenvalue weighted by Gasteiger charge is 1.97. The minimum atomic E-state index is -1.10. The van der Waals surface area contributed by atoms with Crippen LogP contribution in [0.25, 0.3) is 0 Å². The van der Waals surface area contributed by atoms with Crippen LogP contribution in [0.5, 0.6) is 0 Å². The molecule has 0 amide bonds. The van der Waals surface area contributed by atoms with Crippen LogP contribution in [0.4, 0.5) is 0 Å². The molecule has 0 radical (unpaired) electrons. The molecule has 0 aliphatic carbocycles. The average molecular weight is 364 g/mol. The van der Waals surface area contributed by atoms with E-state index in [0.29, 0.717) is 0 Å². The highest BCUT2D eigenvalue weighted by atomic mass is 16.4. The Balaban J connectivity index is 0.00000110. The van der Waals surface area contributed by atoms with Gasteiger partial charge in [0, 0.05) is 0 Å². The van der Waals surface area contributed by atoms with Crippen LogP contribution in [0.1, 0.15) is 101 Å². The van der Waals surface area contributed by atoms with Crippen LogP contribution in [0.3, 0.4) is 0 Å². The topological polar surface area (TPSA) is 56.7 Å². The van der Waals surface area contributed by atoms with E-state index in [1.54, 1.807) is 12.1 Å². The number of rotatable bonds is 14. The predicted molar refractivity (Wildman–Crippen MR) is 109 cm³/mol. The van der Waals surface area contributed by atoms with Crippen molar-refractivity contribution in [2.45, 2.75) is 91.4 Å². The van der Waals surface area contributed by atoms with E-state index in [-0.39, 0.29) is 5.56 Å². The maximum Gasteiger partial charge on any atom is 0.0726 e. The number of carbonyl (C=O) groups excluding carboxylic acids is 1. The molecule has 1 rings (SSSR count). The van der Waals surface area contributed by atoms with E-state index in [1.165, 1.54) is 82.9 Å². The lowest BCUT2D eigenvalue weighted by Crippen LogP contribution is -2.82. The molecule has 3 heteroatoms. The highest BCUT2D eigenvalue weighted by molar-refractivity contribution is 5.85. The Labute approximate surface area is 161 Å². The van der Waals surface area contributed by atoms with Crippen LogP contribution < -0.4 is 10.4 Å². The van der Waals surface area contributed by atoms with Crippen LogP contribution >= 0.6 is 0 Å². The normalized spacial score (nSPS) is 10.3. The van der Waals surface area contributed by atoms with Gasteiger partial charge in [0.15, 0.2) is 0 Å². The van der Waals surface area contributed by atoms with Gasteiger partial charge in [-0.05, 0) is 37.8 Å². The molecule has 0 aliphatic heterocycles. The molecule has 0 saturated carbocycles. The average Bonchev–Trinajstić information content (AvgIpc) is 2.65. The molecule has 3 nitrogen and oxygen atoms in total. The summed E-state index contributed by atoms with van der Waals surface area (Å²) in [4.78, 5) is 10.6. The van der Waals surface area contributed by atoms with Crippen LogP contribution in [-0.4, -0.2) is 19.1 Å². The first-order valence-electron chi connectivity index (χ1n) is 10.8. The molecule has 1 aromatic carbocycles. The number of unbranched alkanes of at least 4 members (excludes halogenated alkanes) is 9. The Morgan fingerprint density at radius 1 is 0.769 bits per heavy atom. The third kappa shape index (κ3) is 14.9. The van der Waals surface area contributed by atoms with E-state index in [1.807, 2.05) is 12.1 Å². The van der Waals surface area contributed by atoms with E-state index in [4.69, 9.17) is 0 Å². The summed E-state index contributed by atoms with van der Waals surface area (Å²) in [6, 6.07) is 7.08. The fourth-order valence-electron chi connectivity index (χ4n) is 2.91. The van der Waals surface area contributed by atoms with Crippen molar-refractivity contribution in [2.75, 3.05) is 13.1 Å². The number of aromatic carboxylic acids is 1. The Kier molecular flexibility index (Phi) is 17.5. The van der Waals surface area contributed by atoms with Gasteiger partial charge in [-0.1, -0.05) is 89.0 Å². The number of nitrogens with two attached hydrogens (primary N) is 1. The second-order valence-electron chi connectivity index (χ2n) is 7.02. The van der Waals surface area contributed by atoms with E-state index in [0.717, 1.165) is 6.42 Å². The van der Waals surface area contributed by atoms with Gasteiger partial charge >= 0.3 is 0 Å². The summed E-state index contributed by atoms with van der Waals surface area (Å²) in [7, 11) is 0. The van der Waals surface area contributed by atoms with Crippen molar-refractivity contribution in [3.05, 3.63) is 35.4 Å². The van der Waals surface area contributed by atoms with Crippen LogP contribution in [0.15, 0.2) is 24.3 Å². The van der Waals surface area contributed by atoms with Crippen molar-refractivity contribution in [1.82, 2.24) is 0 Å². The molecular formula is C23H41NO2. The second kappa shape index (κ2) is 18.4. The third-order valence-corrected chi connectivity index (χ3v) is 4.59. The predicted octanol–water partition coefficient (Wildman–Crippen LogP) is 4.10. The maximum absolute atomic E-state index is 10.6.